The van der Waals surface area contributed by atoms with Crippen LogP contribution in [0.25, 0.3) is 0 Å². The molecule has 4 heterocycles. The summed E-state index contributed by atoms with van der Waals surface area (Å²) in [4.78, 5) is 13.7. The minimum absolute atomic E-state index is 0.512. The van der Waals surface area contributed by atoms with E-state index in [2.05, 4.69) is 20.1 Å². The molecule has 0 radical (unpaired) electrons. The van der Waals surface area contributed by atoms with Gasteiger partial charge in [0.25, 0.3) is 0 Å². The predicted octanol–water partition coefficient (Wildman–Crippen LogP) is -0.277. The van der Waals surface area contributed by atoms with Gasteiger partial charge in [-0.15, -0.1) is 0 Å². The second kappa shape index (κ2) is 4.31. The largest absolute Gasteiger partial charge is 0.378 e. The summed E-state index contributed by atoms with van der Waals surface area (Å²) in [6.45, 7) is 7.89. The molecular formula is C13H19N5O. The summed E-state index contributed by atoms with van der Waals surface area (Å²) in [6, 6.07) is 2.00. The Morgan fingerprint density at radius 1 is 1.16 bits per heavy atom. The second-order valence-corrected chi connectivity index (χ2v) is 5.77. The van der Waals surface area contributed by atoms with E-state index in [4.69, 9.17) is 9.72 Å². The maximum absolute atomic E-state index is 5.38. The monoisotopic (exact) mass is 261 g/mol. The van der Waals surface area contributed by atoms with Crippen molar-refractivity contribution >= 4 is 11.8 Å². The lowest BCUT2D eigenvalue weighted by Crippen LogP contribution is -2.71. The number of ether oxygens (including phenoxy) is 1. The van der Waals surface area contributed by atoms with Crippen LogP contribution in [0.4, 0.5) is 11.8 Å². The first kappa shape index (κ1) is 11.4. The topological polar surface area (TPSA) is 53.5 Å². The van der Waals surface area contributed by atoms with E-state index in [0.717, 1.165) is 64.2 Å². The highest BCUT2D eigenvalue weighted by atomic mass is 16.5. The van der Waals surface area contributed by atoms with Crippen LogP contribution >= 0.6 is 0 Å². The number of hydrogen-bond donors (Lipinski definition) is 1. The maximum Gasteiger partial charge on any atom is 0.227 e. The zero-order valence-corrected chi connectivity index (χ0v) is 11.0. The standard InChI is InChI=1S/C13H19N5O/c1-2-15-12(18-9-13(10-18)7-14-8-13)16-11(1)17-3-5-19-6-4-17/h1-2,14H,3-10H2. The van der Waals surface area contributed by atoms with Crippen LogP contribution in [0.2, 0.25) is 0 Å². The minimum atomic E-state index is 0.512. The van der Waals surface area contributed by atoms with Crippen molar-refractivity contribution in [1.29, 1.82) is 0 Å². The quantitative estimate of drug-likeness (QED) is 0.790. The van der Waals surface area contributed by atoms with Crippen LogP contribution < -0.4 is 15.1 Å². The average molecular weight is 261 g/mol. The lowest BCUT2D eigenvalue weighted by atomic mass is 9.75. The Bertz CT molecular complexity index is 462. The number of nitrogens with zero attached hydrogens (tertiary/aromatic N) is 4. The predicted molar refractivity (Wildman–Crippen MR) is 72.6 cm³/mol. The lowest BCUT2D eigenvalue weighted by molar-refractivity contribution is 0.119. The summed E-state index contributed by atoms with van der Waals surface area (Å²) in [5.41, 5.74) is 0.512. The molecule has 6 heteroatoms. The molecular weight excluding hydrogens is 242 g/mol. The Hall–Kier alpha value is -1.40. The molecule has 4 rings (SSSR count). The van der Waals surface area contributed by atoms with Crippen LogP contribution in [-0.2, 0) is 4.74 Å². The van der Waals surface area contributed by atoms with Gasteiger partial charge >= 0.3 is 0 Å². The van der Waals surface area contributed by atoms with E-state index in [1.54, 1.807) is 0 Å². The summed E-state index contributed by atoms with van der Waals surface area (Å²) < 4.78 is 5.38. The van der Waals surface area contributed by atoms with Crippen LogP contribution in [0.1, 0.15) is 0 Å². The zero-order valence-electron chi connectivity index (χ0n) is 11.0. The summed E-state index contributed by atoms with van der Waals surface area (Å²) in [5.74, 6) is 1.91. The Kier molecular flexibility index (Phi) is 2.60. The van der Waals surface area contributed by atoms with E-state index < -0.39 is 0 Å². The number of morpholine rings is 1. The van der Waals surface area contributed by atoms with Gasteiger partial charge in [-0.2, -0.15) is 4.98 Å². The highest BCUT2D eigenvalue weighted by Gasteiger charge is 2.48. The SMILES string of the molecule is c1cc(N2CCOCC2)nc(N2CC3(CNC3)C2)n1. The summed E-state index contributed by atoms with van der Waals surface area (Å²) in [6.07, 6.45) is 1.87. The smallest absolute Gasteiger partial charge is 0.227 e. The van der Waals surface area contributed by atoms with E-state index in [1.165, 1.54) is 0 Å². The Balaban J connectivity index is 1.47. The number of rotatable bonds is 2. The number of aromatic nitrogens is 2. The van der Waals surface area contributed by atoms with E-state index in [-0.39, 0.29) is 0 Å². The van der Waals surface area contributed by atoms with Gasteiger partial charge in [-0.25, -0.2) is 4.98 Å². The van der Waals surface area contributed by atoms with Crippen molar-refractivity contribution in [2.24, 2.45) is 5.41 Å². The third-order valence-corrected chi connectivity index (χ3v) is 4.30. The number of hydrogen-bond acceptors (Lipinski definition) is 6. The van der Waals surface area contributed by atoms with Gasteiger partial charge in [0.15, 0.2) is 0 Å². The van der Waals surface area contributed by atoms with Gasteiger partial charge in [-0.1, -0.05) is 0 Å². The average Bonchev–Trinajstić information content (AvgIpc) is 2.37. The summed E-state index contributed by atoms with van der Waals surface area (Å²) >= 11 is 0. The fourth-order valence-corrected chi connectivity index (χ4v) is 3.07. The first-order chi connectivity index (χ1) is 9.35. The molecule has 0 aliphatic carbocycles. The molecule has 3 saturated heterocycles. The van der Waals surface area contributed by atoms with Gasteiger partial charge < -0.3 is 19.9 Å². The molecule has 1 aromatic rings. The zero-order chi connectivity index (χ0) is 12.7. The molecule has 0 aromatic carbocycles. The molecule has 1 spiro atoms. The Morgan fingerprint density at radius 3 is 2.63 bits per heavy atom. The van der Waals surface area contributed by atoms with Crippen LogP contribution in [0.15, 0.2) is 12.3 Å². The van der Waals surface area contributed by atoms with E-state index >= 15 is 0 Å². The maximum atomic E-state index is 5.38. The first-order valence-corrected chi connectivity index (χ1v) is 6.96. The Morgan fingerprint density at radius 2 is 1.95 bits per heavy atom. The number of anilines is 2. The molecule has 19 heavy (non-hydrogen) atoms. The molecule has 0 saturated carbocycles. The van der Waals surface area contributed by atoms with E-state index in [0.29, 0.717) is 5.41 Å². The van der Waals surface area contributed by atoms with Crippen LogP contribution in [0.3, 0.4) is 0 Å². The minimum Gasteiger partial charge on any atom is -0.378 e. The van der Waals surface area contributed by atoms with Crippen molar-refractivity contribution in [3.63, 3.8) is 0 Å². The molecule has 1 N–H and O–H groups in total. The fourth-order valence-electron chi connectivity index (χ4n) is 3.07. The van der Waals surface area contributed by atoms with Crippen molar-refractivity contribution in [3.8, 4) is 0 Å². The lowest BCUT2D eigenvalue weighted by Gasteiger charge is -2.56. The van der Waals surface area contributed by atoms with Gasteiger partial charge in [0.2, 0.25) is 5.95 Å². The summed E-state index contributed by atoms with van der Waals surface area (Å²) in [7, 11) is 0. The van der Waals surface area contributed by atoms with Crippen LogP contribution in [0.5, 0.6) is 0 Å². The second-order valence-electron chi connectivity index (χ2n) is 5.77. The normalized spacial score (nSPS) is 25.1. The van der Waals surface area contributed by atoms with Gasteiger partial charge in [-0.05, 0) is 6.07 Å². The van der Waals surface area contributed by atoms with Gasteiger partial charge in [-0.3, -0.25) is 0 Å². The van der Waals surface area contributed by atoms with Crippen LogP contribution in [-0.4, -0.2) is 62.5 Å². The molecule has 0 amide bonds. The van der Waals surface area contributed by atoms with Crippen molar-refractivity contribution in [3.05, 3.63) is 12.3 Å². The molecule has 6 nitrogen and oxygen atoms in total. The first-order valence-electron chi connectivity index (χ1n) is 6.96. The highest BCUT2D eigenvalue weighted by molar-refractivity contribution is 5.46. The number of nitrogens with one attached hydrogen (secondary N) is 1. The van der Waals surface area contributed by atoms with E-state index in [1.807, 2.05) is 12.3 Å². The highest BCUT2D eigenvalue weighted by Crippen LogP contribution is 2.36. The van der Waals surface area contributed by atoms with Crippen molar-refractivity contribution in [1.82, 2.24) is 15.3 Å². The van der Waals surface area contributed by atoms with Gasteiger partial charge in [0.1, 0.15) is 5.82 Å². The van der Waals surface area contributed by atoms with Gasteiger partial charge in [0.05, 0.1) is 13.2 Å². The molecule has 0 bridgehead atoms. The third-order valence-electron chi connectivity index (χ3n) is 4.30. The molecule has 3 aliphatic rings. The van der Waals surface area contributed by atoms with Crippen molar-refractivity contribution < 1.29 is 4.74 Å². The Labute approximate surface area is 112 Å². The molecule has 0 unspecified atom stereocenters. The van der Waals surface area contributed by atoms with Crippen molar-refractivity contribution in [2.75, 3.05) is 62.3 Å². The van der Waals surface area contributed by atoms with Crippen LogP contribution in [0, 0.1) is 5.41 Å². The fraction of sp³-hybridized carbons (Fsp3) is 0.692. The molecule has 102 valence electrons. The third kappa shape index (κ3) is 1.95. The summed E-state index contributed by atoms with van der Waals surface area (Å²) in [5, 5.41) is 3.35. The van der Waals surface area contributed by atoms with Gasteiger partial charge in [0, 0.05) is 50.9 Å². The molecule has 3 fully saturated rings. The van der Waals surface area contributed by atoms with Crippen molar-refractivity contribution in [2.45, 2.75) is 0 Å². The van der Waals surface area contributed by atoms with E-state index in [9.17, 15) is 0 Å². The molecule has 1 aromatic heterocycles. The molecule has 3 aliphatic heterocycles. The molecule has 0 atom stereocenters.